The molecule has 9 heteroatoms. The van der Waals surface area contributed by atoms with Gasteiger partial charge in [0.1, 0.15) is 5.82 Å². The maximum atomic E-state index is 13.6. The Bertz CT molecular complexity index is 1320. The summed E-state index contributed by atoms with van der Waals surface area (Å²) in [5.41, 5.74) is 2.47. The van der Waals surface area contributed by atoms with Crippen LogP contribution in [-0.4, -0.2) is 88.8 Å². The average Bonchev–Trinajstić information content (AvgIpc) is 3.34. The lowest BCUT2D eigenvalue weighted by atomic mass is 10.0. The van der Waals surface area contributed by atoms with Crippen molar-refractivity contribution in [3.05, 3.63) is 71.2 Å². The van der Waals surface area contributed by atoms with Crippen molar-refractivity contribution in [3.8, 4) is 0 Å². The molecule has 2 fully saturated rings. The second-order valence-corrected chi connectivity index (χ2v) is 9.91. The van der Waals surface area contributed by atoms with Crippen LogP contribution in [0.15, 0.2) is 48.7 Å². The minimum atomic E-state index is -0.589. The Morgan fingerprint density at radius 1 is 1.00 bits per heavy atom. The maximum Gasteiger partial charge on any atom is 0.295 e. The number of rotatable bonds is 5. The highest BCUT2D eigenvalue weighted by Crippen LogP contribution is 2.25. The molecule has 0 spiro atoms. The molecule has 2 atom stereocenters. The van der Waals surface area contributed by atoms with Crippen LogP contribution in [-0.2, 0) is 16.1 Å². The first kappa shape index (κ1) is 25.1. The van der Waals surface area contributed by atoms with Crippen LogP contribution in [0.4, 0.5) is 4.39 Å². The van der Waals surface area contributed by atoms with E-state index >= 15 is 0 Å². The van der Waals surface area contributed by atoms with Crippen LogP contribution in [0.2, 0.25) is 0 Å². The van der Waals surface area contributed by atoms with E-state index in [9.17, 15) is 18.8 Å². The van der Waals surface area contributed by atoms with Crippen LogP contribution >= 0.6 is 0 Å². The normalized spacial score (nSPS) is 20.8. The number of Topliss-reactive ketones (excluding diaryl/α,β-unsaturated/α-hetero) is 1. The van der Waals surface area contributed by atoms with Crippen LogP contribution in [0.1, 0.15) is 40.1 Å². The van der Waals surface area contributed by atoms with E-state index in [4.69, 9.17) is 4.74 Å². The molecule has 1 aromatic heterocycles. The van der Waals surface area contributed by atoms with Gasteiger partial charge in [0.25, 0.3) is 17.6 Å². The predicted molar refractivity (Wildman–Crippen MR) is 137 cm³/mol. The first-order valence-corrected chi connectivity index (χ1v) is 12.6. The molecule has 0 aliphatic carbocycles. The number of amides is 2. The molecular formula is C28H31FN4O4. The van der Waals surface area contributed by atoms with Crippen molar-refractivity contribution >= 4 is 28.5 Å². The molecule has 0 radical (unpaired) electrons. The summed E-state index contributed by atoms with van der Waals surface area (Å²) in [4.78, 5) is 48.1. The highest BCUT2D eigenvalue weighted by atomic mass is 19.1. The van der Waals surface area contributed by atoms with Gasteiger partial charge in [0, 0.05) is 67.5 Å². The molecule has 5 rings (SSSR count). The van der Waals surface area contributed by atoms with Crippen LogP contribution in [0, 0.1) is 5.82 Å². The zero-order chi connectivity index (χ0) is 26.1. The number of benzene rings is 2. The standard InChI is InChI=1S/C28H31FN4O4/c1-18-16-33(19(2)15-32(18)17-20-3-6-22(29)7-4-20)27(35)21-5-8-25-23(13-21)24(14-30-25)26(34)28(36)31-9-11-37-12-10-31/h3-8,13-14,18-19,30H,9-12,15-17H2,1-2H3/t18-,19+/m0/s1. The Hall–Kier alpha value is -3.56. The molecule has 3 heterocycles. The van der Waals surface area contributed by atoms with E-state index in [1.165, 1.54) is 17.0 Å². The van der Waals surface area contributed by atoms with Gasteiger partial charge in [-0.15, -0.1) is 0 Å². The maximum absolute atomic E-state index is 13.6. The Morgan fingerprint density at radius 2 is 1.73 bits per heavy atom. The molecule has 37 heavy (non-hydrogen) atoms. The van der Waals surface area contributed by atoms with E-state index in [0.29, 0.717) is 62.4 Å². The summed E-state index contributed by atoms with van der Waals surface area (Å²) in [5, 5.41) is 0.563. The van der Waals surface area contributed by atoms with Crippen LogP contribution in [0.5, 0.6) is 0 Å². The van der Waals surface area contributed by atoms with Crippen molar-refractivity contribution in [2.24, 2.45) is 0 Å². The summed E-state index contributed by atoms with van der Waals surface area (Å²) in [7, 11) is 0. The number of aromatic nitrogens is 1. The third-order valence-corrected chi connectivity index (χ3v) is 7.34. The van der Waals surface area contributed by atoms with Crippen molar-refractivity contribution in [2.75, 3.05) is 39.4 Å². The van der Waals surface area contributed by atoms with Gasteiger partial charge >= 0.3 is 0 Å². The Morgan fingerprint density at radius 3 is 2.46 bits per heavy atom. The van der Waals surface area contributed by atoms with Crippen molar-refractivity contribution < 1.29 is 23.5 Å². The van der Waals surface area contributed by atoms with E-state index in [1.807, 2.05) is 11.8 Å². The number of carbonyl (C=O) groups excluding carboxylic acids is 3. The smallest absolute Gasteiger partial charge is 0.295 e. The number of hydrogen-bond acceptors (Lipinski definition) is 5. The lowest BCUT2D eigenvalue weighted by Crippen LogP contribution is -2.57. The fraction of sp³-hybridized carbons (Fsp3) is 0.393. The van der Waals surface area contributed by atoms with Gasteiger partial charge in [-0.05, 0) is 49.7 Å². The number of halogens is 1. The molecule has 194 valence electrons. The van der Waals surface area contributed by atoms with Gasteiger partial charge in [-0.3, -0.25) is 19.3 Å². The minimum Gasteiger partial charge on any atom is -0.378 e. The second kappa shape index (κ2) is 10.4. The van der Waals surface area contributed by atoms with Crippen molar-refractivity contribution in [1.29, 1.82) is 0 Å². The van der Waals surface area contributed by atoms with Crippen LogP contribution in [0.25, 0.3) is 10.9 Å². The minimum absolute atomic E-state index is 0.0323. The molecule has 0 saturated carbocycles. The third-order valence-electron chi connectivity index (χ3n) is 7.34. The summed E-state index contributed by atoms with van der Waals surface area (Å²) in [6.45, 7) is 7.64. The largest absolute Gasteiger partial charge is 0.378 e. The number of morpholine rings is 1. The van der Waals surface area contributed by atoms with Gasteiger partial charge in [0.05, 0.1) is 18.8 Å². The molecule has 1 N–H and O–H groups in total. The fourth-order valence-corrected chi connectivity index (χ4v) is 5.16. The molecule has 2 aliphatic rings. The van der Waals surface area contributed by atoms with Crippen molar-refractivity contribution in [2.45, 2.75) is 32.5 Å². The van der Waals surface area contributed by atoms with E-state index in [1.54, 1.807) is 36.5 Å². The topological polar surface area (TPSA) is 86.0 Å². The van der Waals surface area contributed by atoms with Gasteiger partial charge in [0.15, 0.2) is 0 Å². The van der Waals surface area contributed by atoms with E-state index < -0.39 is 11.7 Å². The summed E-state index contributed by atoms with van der Waals surface area (Å²) in [6.07, 6.45) is 1.54. The van der Waals surface area contributed by atoms with E-state index in [2.05, 4.69) is 16.8 Å². The van der Waals surface area contributed by atoms with Crippen molar-refractivity contribution in [3.63, 3.8) is 0 Å². The lowest BCUT2D eigenvalue weighted by molar-refractivity contribution is -0.130. The number of nitrogens with one attached hydrogen (secondary N) is 1. The predicted octanol–water partition coefficient (Wildman–Crippen LogP) is 3.08. The number of ketones is 1. The Kier molecular flexibility index (Phi) is 7.08. The van der Waals surface area contributed by atoms with Crippen molar-refractivity contribution in [1.82, 2.24) is 19.7 Å². The molecule has 0 bridgehead atoms. The van der Waals surface area contributed by atoms with Gasteiger partial charge in [-0.1, -0.05) is 12.1 Å². The number of nitrogens with zero attached hydrogens (tertiary/aromatic N) is 3. The highest BCUT2D eigenvalue weighted by molar-refractivity contribution is 6.44. The average molecular weight is 507 g/mol. The molecule has 2 aliphatic heterocycles. The SMILES string of the molecule is C[C@@H]1CN(Cc2ccc(F)cc2)[C@@H](C)CN1C(=O)c1ccc2[nH]cc(C(=O)C(=O)N3CCOCC3)c2c1. The summed E-state index contributed by atoms with van der Waals surface area (Å²) in [5.74, 6) is -1.51. The number of fused-ring (bicyclic) bond motifs is 1. The quantitative estimate of drug-likeness (QED) is 0.425. The molecule has 8 nitrogen and oxygen atoms in total. The Balaban J connectivity index is 1.32. The lowest BCUT2D eigenvalue weighted by Gasteiger charge is -2.44. The summed E-state index contributed by atoms with van der Waals surface area (Å²) in [6, 6.07) is 11.8. The third kappa shape index (κ3) is 5.14. The van der Waals surface area contributed by atoms with E-state index in [-0.39, 0.29) is 29.4 Å². The number of ether oxygens (including phenoxy) is 1. The van der Waals surface area contributed by atoms with Gasteiger partial charge in [0.2, 0.25) is 0 Å². The summed E-state index contributed by atoms with van der Waals surface area (Å²) < 4.78 is 18.6. The highest BCUT2D eigenvalue weighted by Gasteiger charge is 2.33. The number of carbonyl (C=O) groups is 3. The molecule has 0 unspecified atom stereocenters. The molecule has 3 aromatic rings. The number of H-pyrrole nitrogens is 1. The molecular weight excluding hydrogens is 475 g/mol. The summed E-state index contributed by atoms with van der Waals surface area (Å²) >= 11 is 0. The number of piperazine rings is 1. The molecule has 2 amide bonds. The first-order valence-electron chi connectivity index (χ1n) is 12.6. The van der Waals surface area contributed by atoms with E-state index in [0.717, 1.165) is 5.56 Å². The fourth-order valence-electron chi connectivity index (χ4n) is 5.16. The monoisotopic (exact) mass is 506 g/mol. The first-order chi connectivity index (χ1) is 17.8. The zero-order valence-electron chi connectivity index (χ0n) is 21.1. The number of aromatic amines is 1. The molecule has 2 saturated heterocycles. The molecule has 2 aromatic carbocycles. The van der Waals surface area contributed by atoms with Crippen LogP contribution < -0.4 is 0 Å². The van der Waals surface area contributed by atoms with Crippen LogP contribution in [0.3, 0.4) is 0 Å². The zero-order valence-corrected chi connectivity index (χ0v) is 21.1. The van der Waals surface area contributed by atoms with Gasteiger partial charge < -0.3 is 19.5 Å². The number of hydrogen-bond donors (Lipinski definition) is 1. The van der Waals surface area contributed by atoms with Gasteiger partial charge in [-0.25, -0.2) is 4.39 Å². The van der Waals surface area contributed by atoms with Gasteiger partial charge in [-0.2, -0.15) is 0 Å². The second-order valence-electron chi connectivity index (χ2n) is 9.91. The Labute approximate surface area is 215 Å².